The van der Waals surface area contributed by atoms with Crippen molar-refractivity contribution in [3.8, 4) is 22.8 Å². The van der Waals surface area contributed by atoms with Crippen LogP contribution in [0.3, 0.4) is 0 Å². The van der Waals surface area contributed by atoms with E-state index in [2.05, 4.69) is 21.0 Å². The number of phenolic OH excluding ortho intramolecular Hbond substituents is 2. The molecular weight excluding hydrogens is 304 g/mol. The molecule has 2 aromatic rings. The van der Waals surface area contributed by atoms with Crippen LogP contribution in [0.15, 0.2) is 22.7 Å². The second kappa shape index (κ2) is 4.34. The van der Waals surface area contributed by atoms with Gasteiger partial charge in [-0.2, -0.15) is 5.10 Å². The van der Waals surface area contributed by atoms with Gasteiger partial charge in [-0.3, -0.25) is 4.68 Å². The van der Waals surface area contributed by atoms with E-state index >= 15 is 0 Å². The van der Waals surface area contributed by atoms with Crippen molar-refractivity contribution in [2.24, 2.45) is 7.05 Å². The Bertz CT molecular complexity index is 636. The van der Waals surface area contributed by atoms with Crippen molar-refractivity contribution in [1.82, 2.24) is 9.78 Å². The van der Waals surface area contributed by atoms with Crippen LogP contribution >= 0.6 is 15.9 Å². The van der Waals surface area contributed by atoms with Crippen LogP contribution in [-0.2, 0) is 7.05 Å². The van der Waals surface area contributed by atoms with E-state index in [-0.39, 0.29) is 22.8 Å². The highest BCUT2D eigenvalue weighted by atomic mass is 79.9. The number of aromatic hydroxyl groups is 2. The molecule has 0 aliphatic heterocycles. The van der Waals surface area contributed by atoms with Crippen LogP contribution < -0.4 is 0 Å². The molecule has 1 heterocycles. The standard InChI is InChI=1S/C11H9BrN2O4/c1-14-7(4-6(13-14)11(17)18)9-5(12)2-3-8(15)10(9)16/h2-4,15-16H,1H3,(H,17,18). The third-order valence-corrected chi connectivity index (χ3v) is 3.12. The van der Waals surface area contributed by atoms with E-state index in [1.165, 1.54) is 16.8 Å². The summed E-state index contributed by atoms with van der Waals surface area (Å²) >= 11 is 3.24. The first-order chi connectivity index (χ1) is 8.41. The van der Waals surface area contributed by atoms with Crippen LogP contribution in [0.25, 0.3) is 11.3 Å². The topological polar surface area (TPSA) is 95.6 Å². The number of aryl methyl sites for hydroxylation is 1. The minimum Gasteiger partial charge on any atom is -0.504 e. The monoisotopic (exact) mass is 312 g/mol. The summed E-state index contributed by atoms with van der Waals surface area (Å²) in [5.74, 6) is -1.77. The zero-order chi connectivity index (χ0) is 13.4. The summed E-state index contributed by atoms with van der Waals surface area (Å²) in [7, 11) is 1.55. The number of carboxylic acid groups (broad SMARTS) is 1. The number of aromatic nitrogens is 2. The van der Waals surface area contributed by atoms with Crippen molar-refractivity contribution in [2.75, 3.05) is 0 Å². The van der Waals surface area contributed by atoms with E-state index in [1.54, 1.807) is 13.1 Å². The van der Waals surface area contributed by atoms with Gasteiger partial charge in [0.2, 0.25) is 0 Å². The molecule has 18 heavy (non-hydrogen) atoms. The number of rotatable bonds is 2. The first-order valence-electron chi connectivity index (χ1n) is 4.90. The maximum absolute atomic E-state index is 10.8. The number of benzene rings is 1. The normalized spacial score (nSPS) is 10.6. The molecule has 0 unspecified atom stereocenters. The lowest BCUT2D eigenvalue weighted by Gasteiger charge is -2.08. The number of hydrogen-bond donors (Lipinski definition) is 3. The van der Waals surface area contributed by atoms with Gasteiger partial charge in [0, 0.05) is 11.5 Å². The summed E-state index contributed by atoms with van der Waals surface area (Å²) in [6.45, 7) is 0. The average molecular weight is 313 g/mol. The van der Waals surface area contributed by atoms with Gasteiger partial charge in [0.1, 0.15) is 0 Å². The lowest BCUT2D eigenvalue weighted by molar-refractivity contribution is 0.0689. The van der Waals surface area contributed by atoms with E-state index in [0.29, 0.717) is 10.2 Å². The molecule has 0 amide bonds. The fourth-order valence-electron chi connectivity index (χ4n) is 1.60. The quantitative estimate of drug-likeness (QED) is 0.737. The van der Waals surface area contributed by atoms with Gasteiger partial charge in [0.25, 0.3) is 0 Å². The highest BCUT2D eigenvalue weighted by molar-refractivity contribution is 9.10. The minimum atomic E-state index is -1.16. The van der Waals surface area contributed by atoms with Gasteiger partial charge in [-0.1, -0.05) is 0 Å². The molecular formula is C11H9BrN2O4. The molecule has 6 nitrogen and oxygen atoms in total. The number of aromatic carboxylic acids is 1. The Morgan fingerprint density at radius 1 is 1.39 bits per heavy atom. The van der Waals surface area contributed by atoms with Crippen molar-refractivity contribution in [2.45, 2.75) is 0 Å². The molecule has 0 saturated heterocycles. The van der Waals surface area contributed by atoms with Gasteiger partial charge in [0.15, 0.2) is 17.2 Å². The Morgan fingerprint density at radius 3 is 2.61 bits per heavy atom. The molecule has 1 aromatic carbocycles. The molecule has 2 rings (SSSR count). The fraction of sp³-hybridized carbons (Fsp3) is 0.0909. The van der Waals surface area contributed by atoms with Crippen molar-refractivity contribution >= 4 is 21.9 Å². The highest BCUT2D eigenvalue weighted by Crippen LogP contribution is 2.41. The summed E-state index contributed by atoms with van der Waals surface area (Å²) < 4.78 is 1.85. The molecule has 0 saturated carbocycles. The van der Waals surface area contributed by atoms with Crippen LogP contribution in [0.1, 0.15) is 10.5 Å². The molecule has 0 bridgehead atoms. The van der Waals surface area contributed by atoms with Crippen LogP contribution in [0, 0.1) is 0 Å². The third kappa shape index (κ3) is 1.92. The number of nitrogens with zero attached hydrogens (tertiary/aromatic N) is 2. The third-order valence-electron chi connectivity index (χ3n) is 2.46. The molecule has 94 valence electrons. The summed E-state index contributed by atoms with van der Waals surface area (Å²) in [4.78, 5) is 10.8. The van der Waals surface area contributed by atoms with Crippen LogP contribution in [0.2, 0.25) is 0 Å². The Labute approximate surface area is 110 Å². The van der Waals surface area contributed by atoms with E-state index in [4.69, 9.17) is 5.11 Å². The molecule has 3 N–H and O–H groups in total. The van der Waals surface area contributed by atoms with Crippen LogP contribution in [0.4, 0.5) is 0 Å². The van der Waals surface area contributed by atoms with Gasteiger partial charge in [-0.25, -0.2) is 4.79 Å². The van der Waals surface area contributed by atoms with Gasteiger partial charge < -0.3 is 15.3 Å². The predicted molar refractivity (Wildman–Crippen MR) is 66.6 cm³/mol. The molecule has 0 fully saturated rings. The number of carboxylic acids is 1. The van der Waals surface area contributed by atoms with E-state index in [1.807, 2.05) is 0 Å². The van der Waals surface area contributed by atoms with Crippen LogP contribution in [0.5, 0.6) is 11.5 Å². The summed E-state index contributed by atoms with van der Waals surface area (Å²) in [6.07, 6.45) is 0. The fourth-order valence-corrected chi connectivity index (χ4v) is 2.13. The molecule has 1 aromatic heterocycles. The predicted octanol–water partition coefficient (Wildman–Crippen LogP) is 1.96. The summed E-state index contributed by atoms with van der Waals surface area (Å²) in [5, 5.41) is 32.0. The second-order valence-corrected chi connectivity index (χ2v) is 4.49. The first-order valence-corrected chi connectivity index (χ1v) is 5.69. The average Bonchev–Trinajstić information content (AvgIpc) is 2.67. The Kier molecular flexibility index (Phi) is 3.00. The molecule has 0 atom stereocenters. The zero-order valence-electron chi connectivity index (χ0n) is 9.25. The minimum absolute atomic E-state index is 0.137. The van der Waals surface area contributed by atoms with Crippen molar-refractivity contribution in [1.29, 1.82) is 0 Å². The lowest BCUT2D eigenvalue weighted by Crippen LogP contribution is -1.99. The molecule has 0 radical (unpaired) electrons. The maximum atomic E-state index is 10.8. The van der Waals surface area contributed by atoms with Crippen LogP contribution in [-0.4, -0.2) is 31.1 Å². The summed E-state index contributed by atoms with van der Waals surface area (Å²) in [6, 6.07) is 4.21. The first kappa shape index (κ1) is 12.4. The van der Waals surface area contributed by atoms with Crippen molar-refractivity contribution < 1.29 is 20.1 Å². The van der Waals surface area contributed by atoms with E-state index < -0.39 is 5.97 Å². The molecule has 7 heteroatoms. The smallest absolute Gasteiger partial charge is 0.356 e. The SMILES string of the molecule is Cn1nc(C(=O)O)cc1-c1c(Br)ccc(O)c1O. The van der Waals surface area contributed by atoms with E-state index in [9.17, 15) is 15.0 Å². The molecule has 0 aliphatic rings. The summed E-state index contributed by atoms with van der Waals surface area (Å²) in [5.41, 5.74) is 0.535. The highest BCUT2D eigenvalue weighted by Gasteiger charge is 2.19. The molecule has 0 aliphatic carbocycles. The molecule has 0 spiro atoms. The number of halogens is 1. The van der Waals surface area contributed by atoms with Crippen molar-refractivity contribution in [3.63, 3.8) is 0 Å². The Morgan fingerprint density at radius 2 is 2.06 bits per heavy atom. The second-order valence-electron chi connectivity index (χ2n) is 3.63. The van der Waals surface area contributed by atoms with E-state index in [0.717, 1.165) is 0 Å². The largest absolute Gasteiger partial charge is 0.504 e. The number of hydrogen-bond acceptors (Lipinski definition) is 4. The van der Waals surface area contributed by atoms with Gasteiger partial charge in [0.05, 0.1) is 11.3 Å². The van der Waals surface area contributed by atoms with Crippen molar-refractivity contribution in [3.05, 3.63) is 28.4 Å². The zero-order valence-corrected chi connectivity index (χ0v) is 10.8. The lowest BCUT2D eigenvalue weighted by atomic mass is 10.1. The van der Waals surface area contributed by atoms with Gasteiger partial charge in [-0.05, 0) is 34.1 Å². The number of phenols is 2. The van der Waals surface area contributed by atoms with Gasteiger partial charge in [-0.15, -0.1) is 0 Å². The maximum Gasteiger partial charge on any atom is 0.356 e. The van der Waals surface area contributed by atoms with Gasteiger partial charge >= 0.3 is 5.97 Å². The number of carbonyl (C=O) groups is 1. The Balaban J connectivity index is 2.69. The Hall–Kier alpha value is -2.02.